The molecule has 9 nitrogen and oxygen atoms in total. The van der Waals surface area contributed by atoms with E-state index in [1.807, 2.05) is 19.0 Å². The number of ether oxygens (including phenoxy) is 1. The highest BCUT2D eigenvalue weighted by molar-refractivity contribution is 7.91. The van der Waals surface area contributed by atoms with E-state index >= 15 is 0 Å². The topological polar surface area (TPSA) is 115 Å². The number of aromatic nitrogens is 2. The number of fused-ring (bicyclic) bond motifs is 3. The first-order valence-corrected chi connectivity index (χ1v) is 11.4. The van der Waals surface area contributed by atoms with Crippen molar-refractivity contribution < 1.29 is 18.1 Å². The quantitative estimate of drug-likeness (QED) is 0.759. The molecule has 30 heavy (non-hydrogen) atoms. The zero-order chi connectivity index (χ0) is 21.2. The third-order valence-electron chi connectivity index (χ3n) is 5.93. The molecule has 160 valence electrons. The number of urea groups is 1. The Morgan fingerprint density at radius 1 is 1.33 bits per heavy atom. The van der Waals surface area contributed by atoms with Crippen LogP contribution >= 0.6 is 0 Å². The molecule has 3 N–H and O–H groups in total. The molecular formula is C19H23FN6O3S. The molecule has 2 atom stereocenters. The van der Waals surface area contributed by atoms with Crippen molar-refractivity contribution in [2.45, 2.75) is 36.6 Å². The molecule has 1 aromatic heterocycles. The number of nitrogens with zero attached hydrogens (tertiary/aromatic N) is 4. The average Bonchev–Trinajstić information content (AvgIpc) is 3.13. The Balaban J connectivity index is 1.43. The van der Waals surface area contributed by atoms with E-state index in [0.29, 0.717) is 55.6 Å². The summed E-state index contributed by atoms with van der Waals surface area (Å²) >= 11 is 0. The summed E-state index contributed by atoms with van der Waals surface area (Å²) in [5.41, 5.74) is 3.53. The Morgan fingerprint density at radius 2 is 1.97 bits per heavy atom. The predicted molar refractivity (Wildman–Crippen MR) is 109 cm³/mol. The first kappa shape index (κ1) is 19.5. The average molecular weight is 434 g/mol. The van der Waals surface area contributed by atoms with Crippen molar-refractivity contribution in [1.82, 2.24) is 14.7 Å². The van der Waals surface area contributed by atoms with Crippen molar-refractivity contribution in [3.05, 3.63) is 34.3 Å². The molecule has 1 aromatic carbocycles. The minimum atomic E-state index is -3.56. The monoisotopic (exact) mass is 434 g/mol. The summed E-state index contributed by atoms with van der Waals surface area (Å²) in [5.74, 6) is 0.135. The van der Waals surface area contributed by atoms with Crippen molar-refractivity contribution in [2.75, 3.05) is 32.6 Å². The lowest BCUT2D eigenvalue weighted by molar-refractivity contribution is 0.260. The van der Waals surface area contributed by atoms with Gasteiger partial charge in [0.1, 0.15) is 23.4 Å². The molecule has 3 aliphatic rings. The van der Waals surface area contributed by atoms with Gasteiger partial charge in [-0.15, -0.1) is 4.36 Å². The van der Waals surface area contributed by atoms with E-state index in [-0.39, 0.29) is 22.6 Å². The van der Waals surface area contributed by atoms with E-state index < -0.39 is 15.9 Å². The number of likely N-dealkylation sites (N-methyl/N-ethyl adjacent to an activating group) is 1. The van der Waals surface area contributed by atoms with Gasteiger partial charge in [-0.25, -0.2) is 23.2 Å². The van der Waals surface area contributed by atoms with Crippen molar-refractivity contribution >= 4 is 21.6 Å². The predicted octanol–water partition coefficient (Wildman–Crippen LogP) is 1.65. The van der Waals surface area contributed by atoms with Gasteiger partial charge in [0, 0.05) is 12.2 Å². The summed E-state index contributed by atoms with van der Waals surface area (Å²) in [7, 11) is 0.310. The summed E-state index contributed by atoms with van der Waals surface area (Å²) in [6.07, 6.45) is 4.07. The number of hydrogen-bond acceptors (Lipinski definition) is 5. The van der Waals surface area contributed by atoms with Crippen molar-refractivity contribution in [3.8, 4) is 5.88 Å². The minimum Gasteiger partial charge on any atom is -0.475 e. The van der Waals surface area contributed by atoms with Crippen LogP contribution in [0.15, 0.2) is 15.5 Å². The van der Waals surface area contributed by atoms with E-state index in [0.717, 1.165) is 11.1 Å². The number of rotatable bonds is 4. The molecule has 0 fully saturated rings. The summed E-state index contributed by atoms with van der Waals surface area (Å²) in [6, 6.07) is -0.857. The molecule has 2 heterocycles. The number of hydrogen-bond donors (Lipinski definition) is 2. The number of anilines is 1. The number of nitrogens with one attached hydrogen (secondary N) is 1. The maximum absolute atomic E-state index is 14.3. The lowest BCUT2D eigenvalue weighted by atomic mass is 9.76. The van der Waals surface area contributed by atoms with Crippen LogP contribution in [-0.2, 0) is 35.6 Å². The largest absolute Gasteiger partial charge is 0.475 e. The number of halogens is 1. The molecule has 5 rings (SSSR count). The Hall–Kier alpha value is -2.50. The van der Waals surface area contributed by atoms with Gasteiger partial charge < -0.3 is 15.0 Å². The Kier molecular flexibility index (Phi) is 4.38. The highest BCUT2D eigenvalue weighted by Gasteiger charge is 2.34. The lowest BCUT2D eigenvalue weighted by Gasteiger charge is -2.32. The summed E-state index contributed by atoms with van der Waals surface area (Å²) in [6.45, 7) is 1.07. The second-order valence-corrected chi connectivity index (χ2v) is 9.94. The first-order chi connectivity index (χ1) is 14.3. The molecule has 0 saturated carbocycles. The van der Waals surface area contributed by atoms with Gasteiger partial charge in [0.2, 0.25) is 5.88 Å². The van der Waals surface area contributed by atoms with E-state index in [1.54, 1.807) is 4.68 Å². The number of benzene rings is 1. The summed E-state index contributed by atoms with van der Waals surface area (Å²) in [4.78, 5) is 14.7. The third kappa shape index (κ3) is 2.91. The van der Waals surface area contributed by atoms with Crippen molar-refractivity contribution in [2.24, 2.45) is 9.50 Å². The van der Waals surface area contributed by atoms with Crippen LogP contribution < -0.4 is 15.2 Å². The molecule has 0 saturated heterocycles. The fraction of sp³-hybridized carbons (Fsp3) is 0.474. The van der Waals surface area contributed by atoms with E-state index in [9.17, 15) is 13.4 Å². The van der Waals surface area contributed by atoms with Gasteiger partial charge in [0.15, 0.2) is 9.92 Å². The number of carbonyl (C=O) groups excluding carboxylic acids is 1. The van der Waals surface area contributed by atoms with Gasteiger partial charge >= 0.3 is 6.03 Å². The summed E-state index contributed by atoms with van der Waals surface area (Å²) < 4.78 is 38.4. The first-order valence-electron chi connectivity index (χ1n) is 9.82. The highest BCUT2D eigenvalue weighted by Crippen LogP contribution is 2.43. The van der Waals surface area contributed by atoms with E-state index in [2.05, 4.69) is 14.8 Å². The second kappa shape index (κ2) is 6.76. The highest BCUT2D eigenvalue weighted by atomic mass is 32.2. The Bertz CT molecular complexity index is 1160. The fourth-order valence-corrected chi connectivity index (χ4v) is 5.33. The zero-order valence-corrected chi connectivity index (χ0v) is 17.6. The van der Waals surface area contributed by atoms with Crippen LogP contribution in [0.1, 0.15) is 28.3 Å². The molecule has 0 bridgehead atoms. The van der Waals surface area contributed by atoms with Crippen molar-refractivity contribution in [1.29, 1.82) is 0 Å². The standard InChI is InChI=1S/C19H23FN6O3S/c1-25(2)8-10-9-29-18-15(7-22-26(10)18)30(21,28)24-19(27)23-17-13-5-3-11(13)16(20)12-4-6-14(12)17/h7,10H,3-6,8-9H2,1-2H3,(H3,21,23,24,27,28)/t10-,30?/m0/s1. The van der Waals surface area contributed by atoms with Crippen LogP contribution in [0.5, 0.6) is 5.88 Å². The maximum Gasteiger partial charge on any atom is 0.354 e. The van der Waals surface area contributed by atoms with Crippen LogP contribution in [-0.4, -0.2) is 52.2 Å². The van der Waals surface area contributed by atoms with Crippen LogP contribution in [0.2, 0.25) is 0 Å². The molecule has 1 unspecified atom stereocenters. The van der Waals surface area contributed by atoms with Crippen molar-refractivity contribution in [3.63, 3.8) is 0 Å². The van der Waals surface area contributed by atoms with Gasteiger partial charge in [-0.1, -0.05) is 0 Å². The normalized spacial score (nSPS) is 20.2. The number of carbonyl (C=O) groups is 1. The second-order valence-electron chi connectivity index (χ2n) is 8.18. The zero-order valence-electron chi connectivity index (χ0n) is 16.8. The van der Waals surface area contributed by atoms with Crippen LogP contribution in [0, 0.1) is 5.82 Å². The number of amides is 2. The smallest absolute Gasteiger partial charge is 0.354 e. The van der Waals surface area contributed by atoms with E-state index in [4.69, 9.17) is 9.88 Å². The molecule has 0 spiro atoms. The van der Waals surface area contributed by atoms with Gasteiger partial charge in [0.25, 0.3) is 0 Å². The van der Waals surface area contributed by atoms with Gasteiger partial charge in [-0.2, -0.15) is 5.10 Å². The molecular weight excluding hydrogens is 411 g/mol. The lowest BCUT2D eigenvalue weighted by Crippen LogP contribution is -2.26. The molecule has 1 aliphatic heterocycles. The van der Waals surface area contributed by atoms with Gasteiger partial charge in [-0.05, 0) is 62.0 Å². The van der Waals surface area contributed by atoms with E-state index in [1.165, 1.54) is 6.20 Å². The minimum absolute atomic E-state index is 0.0373. The Labute approximate surface area is 173 Å². The van der Waals surface area contributed by atoms with Crippen LogP contribution in [0.25, 0.3) is 0 Å². The molecule has 2 amide bonds. The fourth-order valence-electron chi connectivity index (χ4n) is 4.33. The Morgan fingerprint density at radius 3 is 2.53 bits per heavy atom. The molecule has 2 aliphatic carbocycles. The maximum atomic E-state index is 14.3. The molecule has 0 radical (unpaired) electrons. The number of nitrogens with two attached hydrogens (primary N) is 1. The summed E-state index contributed by atoms with van der Waals surface area (Å²) in [5, 5.41) is 12.9. The molecule has 2 aromatic rings. The SMILES string of the molecule is CN(C)C[C@H]1COc2c(S(N)(=O)=NC(=O)Nc3c4c(c(F)c5c3CC5)CC4)cnn21. The van der Waals surface area contributed by atoms with Crippen LogP contribution in [0.4, 0.5) is 14.9 Å². The van der Waals surface area contributed by atoms with Gasteiger partial charge in [0.05, 0.1) is 6.20 Å². The van der Waals surface area contributed by atoms with Crippen LogP contribution in [0.3, 0.4) is 0 Å². The third-order valence-corrected chi connectivity index (χ3v) is 7.28. The van der Waals surface area contributed by atoms with Gasteiger partial charge in [-0.3, -0.25) is 0 Å². The molecule has 11 heteroatoms.